The smallest absolute Gasteiger partial charge is 0.310 e. The number of aliphatic hydroxyl groups is 1. The molecule has 7 atom stereocenters. The van der Waals surface area contributed by atoms with Crippen LogP contribution in [0.4, 0.5) is 0 Å². The Bertz CT molecular complexity index is 845. The third kappa shape index (κ3) is 4.57. The minimum Gasteiger partial charge on any atom is -0.465 e. The van der Waals surface area contributed by atoms with Crippen LogP contribution in [0.1, 0.15) is 53.9 Å². The van der Waals surface area contributed by atoms with E-state index in [4.69, 9.17) is 4.74 Å². The van der Waals surface area contributed by atoms with Gasteiger partial charge in [0.25, 0.3) is 0 Å². The van der Waals surface area contributed by atoms with E-state index in [1.54, 1.807) is 33.7 Å². The van der Waals surface area contributed by atoms with E-state index in [9.17, 15) is 19.5 Å². The topological polar surface area (TPSA) is 87.2 Å². The zero-order valence-corrected chi connectivity index (χ0v) is 22.6. The van der Waals surface area contributed by atoms with Gasteiger partial charge in [0, 0.05) is 17.8 Å². The van der Waals surface area contributed by atoms with Gasteiger partial charge in [-0.1, -0.05) is 32.9 Å². The van der Waals surface area contributed by atoms with Gasteiger partial charge in [0.2, 0.25) is 11.8 Å². The molecule has 2 amide bonds. The van der Waals surface area contributed by atoms with Crippen molar-refractivity contribution >= 4 is 29.5 Å². The molecule has 8 heteroatoms. The summed E-state index contributed by atoms with van der Waals surface area (Å²) < 4.78 is 4.91. The molecule has 196 valence electrons. The molecule has 2 bridgehead atoms. The number of nitrogens with zero attached hydrogens (tertiary/aromatic N) is 2. The molecule has 0 aliphatic carbocycles. The lowest BCUT2D eigenvalue weighted by molar-refractivity contribution is -0.155. The number of carbonyl (C=O) groups is 3. The molecule has 0 saturated carbocycles. The summed E-state index contributed by atoms with van der Waals surface area (Å²) in [5.41, 5.74) is 0. The number of thioether (sulfide) groups is 1. The van der Waals surface area contributed by atoms with E-state index in [1.807, 2.05) is 27.7 Å². The van der Waals surface area contributed by atoms with Crippen LogP contribution in [0.5, 0.6) is 0 Å². The van der Waals surface area contributed by atoms with Crippen LogP contribution < -0.4 is 0 Å². The molecule has 3 unspecified atom stereocenters. The van der Waals surface area contributed by atoms with Crippen LogP contribution in [0, 0.1) is 23.7 Å². The van der Waals surface area contributed by atoms with Crippen molar-refractivity contribution in [1.29, 1.82) is 0 Å². The van der Waals surface area contributed by atoms with E-state index >= 15 is 0 Å². The molecular formula is C27H42N2O5S. The largest absolute Gasteiger partial charge is 0.465 e. The number of hydrogen-bond donors (Lipinski definition) is 1. The minimum absolute atomic E-state index is 0.0526. The van der Waals surface area contributed by atoms with Gasteiger partial charge in [-0.05, 0) is 44.9 Å². The number of ether oxygens (including phenoxy) is 1. The van der Waals surface area contributed by atoms with Gasteiger partial charge in [-0.15, -0.1) is 24.9 Å². The van der Waals surface area contributed by atoms with Gasteiger partial charge >= 0.3 is 5.97 Å². The Hall–Kier alpha value is -1.80. The summed E-state index contributed by atoms with van der Waals surface area (Å²) in [4.78, 5) is 45.1. The highest BCUT2D eigenvalue weighted by atomic mass is 32.2. The Kier molecular flexibility index (Phi) is 8.79. The van der Waals surface area contributed by atoms with Crippen LogP contribution in [-0.4, -0.2) is 80.6 Å². The lowest BCUT2D eigenvalue weighted by Crippen LogP contribution is -2.60. The number of fused-ring (bicyclic) bond motifs is 1. The molecule has 35 heavy (non-hydrogen) atoms. The van der Waals surface area contributed by atoms with Crippen LogP contribution in [0.2, 0.25) is 0 Å². The van der Waals surface area contributed by atoms with Gasteiger partial charge in [0.05, 0.1) is 35.8 Å². The number of carbonyl (C=O) groups excluding carboxylic acids is 3. The fourth-order valence-corrected chi connectivity index (χ4v) is 8.72. The zero-order valence-electron chi connectivity index (χ0n) is 21.8. The summed E-state index contributed by atoms with van der Waals surface area (Å²) in [6, 6.07) is -1.33. The quantitative estimate of drug-likeness (QED) is 0.248. The second-order valence-electron chi connectivity index (χ2n) is 10.8. The maximum atomic E-state index is 14.2. The Balaban J connectivity index is 2.07. The number of unbranched alkanes of at least 4 members (excludes halogenated alkanes) is 1. The molecule has 3 saturated heterocycles. The van der Waals surface area contributed by atoms with E-state index in [2.05, 4.69) is 20.1 Å². The average Bonchev–Trinajstić information content (AvgIpc) is 3.39. The van der Waals surface area contributed by atoms with Gasteiger partial charge in [-0.25, -0.2) is 0 Å². The van der Waals surface area contributed by atoms with Crippen molar-refractivity contribution in [3.05, 3.63) is 25.3 Å². The summed E-state index contributed by atoms with van der Waals surface area (Å²) in [5, 5.41) is 10.3. The van der Waals surface area contributed by atoms with Crippen LogP contribution in [0.25, 0.3) is 0 Å². The van der Waals surface area contributed by atoms with Crippen molar-refractivity contribution in [2.75, 3.05) is 19.8 Å². The van der Waals surface area contributed by atoms with Crippen LogP contribution in [0.15, 0.2) is 25.3 Å². The summed E-state index contributed by atoms with van der Waals surface area (Å²) in [6.45, 7) is 17.9. The highest BCUT2D eigenvalue weighted by Crippen LogP contribution is 2.69. The first-order valence-electron chi connectivity index (χ1n) is 12.9. The van der Waals surface area contributed by atoms with Crippen molar-refractivity contribution in [2.45, 2.75) is 82.0 Å². The summed E-state index contributed by atoms with van der Waals surface area (Å²) in [7, 11) is 0. The van der Waals surface area contributed by atoms with E-state index in [0.29, 0.717) is 19.6 Å². The predicted molar refractivity (Wildman–Crippen MR) is 139 cm³/mol. The Morgan fingerprint density at radius 3 is 2.51 bits per heavy atom. The molecule has 3 rings (SSSR count). The minimum atomic E-state index is -0.745. The summed E-state index contributed by atoms with van der Waals surface area (Å²) >= 11 is 1.63. The van der Waals surface area contributed by atoms with E-state index in [1.165, 1.54) is 0 Å². The second-order valence-corrected chi connectivity index (χ2v) is 12.3. The van der Waals surface area contributed by atoms with Crippen molar-refractivity contribution in [3.8, 4) is 0 Å². The lowest BCUT2D eigenvalue weighted by Gasteiger charge is -2.43. The van der Waals surface area contributed by atoms with Crippen molar-refractivity contribution in [2.24, 2.45) is 23.7 Å². The Labute approximate surface area is 214 Å². The molecule has 0 aromatic carbocycles. The first kappa shape index (κ1) is 27.8. The third-order valence-corrected chi connectivity index (χ3v) is 10.1. The molecule has 1 spiro atoms. The molecular weight excluding hydrogens is 464 g/mol. The van der Waals surface area contributed by atoms with Crippen LogP contribution in [0.3, 0.4) is 0 Å². The molecule has 7 nitrogen and oxygen atoms in total. The number of amides is 2. The van der Waals surface area contributed by atoms with E-state index in [-0.39, 0.29) is 47.5 Å². The second kappa shape index (κ2) is 11.1. The molecule has 1 N–H and O–H groups in total. The standard InChI is InChI=1S/C27H42N2O5S/c1-8-10-11-13-34-26(33)21-20-14-18(7)27(35-20)22(21)24(31)29(19(15-30)16(3)4)23(27)25(32)28(12-9-2)17(5)6/h8-9,16-23,30H,1-2,10-15H2,3-7H3/t18?,19-,20-,21+,22-,23?,27?/m0/s1. The molecule has 3 heterocycles. The van der Waals surface area contributed by atoms with E-state index in [0.717, 1.165) is 12.8 Å². The molecule has 0 aromatic heterocycles. The SMILES string of the molecule is C=CCCCOC(=O)[C@@H]1[C@@H]2CC(C)C3(S2)C(C(=O)N(CC=C)C(C)C)N([C@@H](CO)C(C)C)C(=O)[C@H]13. The van der Waals surface area contributed by atoms with Gasteiger partial charge < -0.3 is 19.6 Å². The van der Waals surface area contributed by atoms with E-state index < -0.39 is 28.7 Å². The fourth-order valence-electron chi connectivity index (χ4n) is 6.33. The molecule has 3 aliphatic heterocycles. The Morgan fingerprint density at radius 1 is 1.29 bits per heavy atom. The van der Waals surface area contributed by atoms with Crippen LogP contribution >= 0.6 is 11.8 Å². The molecule has 3 fully saturated rings. The average molecular weight is 507 g/mol. The number of esters is 1. The summed E-state index contributed by atoms with van der Waals surface area (Å²) in [6.07, 6.45) is 5.69. The number of hydrogen-bond acceptors (Lipinski definition) is 6. The van der Waals surface area contributed by atoms with Gasteiger partial charge in [0.15, 0.2) is 0 Å². The predicted octanol–water partition coefficient (Wildman–Crippen LogP) is 3.27. The summed E-state index contributed by atoms with van der Waals surface area (Å²) in [5.74, 6) is -1.87. The number of aliphatic hydroxyl groups excluding tert-OH is 1. The maximum absolute atomic E-state index is 14.2. The van der Waals surface area contributed by atoms with Crippen molar-refractivity contribution < 1.29 is 24.2 Å². The number of likely N-dealkylation sites (tertiary alicyclic amines) is 1. The third-order valence-electron chi connectivity index (χ3n) is 8.03. The number of allylic oxidation sites excluding steroid dienone is 1. The zero-order chi connectivity index (χ0) is 26.1. The fraction of sp³-hybridized carbons (Fsp3) is 0.741. The van der Waals surface area contributed by atoms with Crippen LogP contribution in [-0.2, 0) is 19.1 Å². The maximum Gasteiger partial charge on any atom is 0.310 e. The first-order chi connectivity index (χ1) is 16.6. The van der Waals surface area contributed by atoms with Gasteiger partial charge in [-0.2, -0.15) is 0 Å². The normalized spacial score (nSPS) is 32.2. The molecule has 0 radical (unpaired) electrons. The number of rotatable bonds is 12. The monoisotopic (exact) mass is 506 g/mol. The Morgan fingerprint density at radius 2 is 1.97 bits per heavy atom. The first-order valence-corrected chi connectivity index (χ1v) is 13.8. The highest BCUT2D eigenvalue weighted by molar-refractivity contribution is 8.02. The van der Waals surface area contributed by atoms with Gasteiger partial charge in [0.1, 0.15) is 6.04 Å². The van der Waals surface area contributed by atoms with Crippen molar-refractivity contribution in [3.63, 3.8) is 0 Å². The molecule has 0 aromatic rings. The highest BCUT2D eigenvalue weighted by Gasteiger charge is 2.77. The van der Waals surface area contributed by atoms with Crippen molar-refractivity contribution in [1.82, 2.24) is 9.80 Å². The molecule has 3 aliphatic rings. The lowest BCUT2D eigenvalue weighted by atomic mass is 9.66. The van der Waals surface area contributed by atoms with Gasteiger partial charge in [-0.3, -0.25) is 14.4 Å².